The van der Waals surface area contributed by atoms with Crippen LogP contribution in [0.5, 0.6) is 0 Å². The van der Waals surface area contributed by atoms with E-state index in [-0.39, 0.29) is 24.0 Å². The van der Waals surface area contributed by atoms with Gasteiger partial charge in [0.2, 0.25) is 11.9 Å². The first-order valence-electron chi connectivity index (χ1n) is 12.3. The Kier molecular flexibility index (Phi) is 6.36. The van der Waals surface area contributed by atoms with Gasteiger partial charge in [-0.3, -0.25) is 4.79 Å². The molecule has 33 heavy (non-hydrogen) atoms. The molecule has 3 aromatic rings. The molecule has 2 aliphatic rings. The number of fused-ring (bicyclic) bond motifs is 1. The van der Waals surface area contributed by atoms with Crippen LogP contribution in [0.4, 0.5) is 5.95 Å². The van der Waals surface area contributed by atoms with E-state index in [0.717, 1.165) is 55.9 Å². The standard InChI is InChI=1S/C27H34N4O2/c1-20-17-30(18-21(2)33-20)26(32)23-11-8-15-29(19-23)27-28-24-12-6-7-13-25(24)31(27)16-14-22-9-4-3-5-10-22/h3-7,9-10,12-13,20-21,23H,8,11,14-19H2,1-2H3. The number of anilines is 1. The van der Waals surface area contributed by atoms with Crippen LogP contribution in [0.15, 0.2) is 54.6 Å². The van der Waals surface area contributed by atoms with Crippen LogP contribution in [-0.4, -0.2) is 58.7 Å². The smallest absolute Gasteiger partial charge is 0.227 e. The molecule has 3 unspecified atom stereocenters. The molecule has 1 aromatic heterocycles. The number of imidazole rings is 1. The summed E-state index contributed by atoms with van der Waals surface area (Å²) in [6.45, 7) is 8.02. The Bertz CT molecular complexity index is 1090. The van der Waals surface area contributed by atoms with Crippen molar-refractivity contribution in [1.82, 2.24) is 14.5 Å². The Labute approximate surface area is 196 Å². The highest BCUT2D eigenvalue weighted by Gasteiger charge is 2.34. The van der Waals surface area contributed by atoms with Crippen molar-refractivity contribution in [3.8, 4) is 0 Å². The molecule has 3 atom stereocenters. The highest BCUT2D eigenvalue weighted by molar-refractivity contribution is 5.81. The molecule has 0 N–H and O–H groups in total. The Hall–Kier alpha value is -2.86. The first-order valence-corrected chi connectivity index (χ1v) is 12.3. The maximum Gasteiger partial charge on any atom is 0.227 e. The zero-order chi connectivity index (χ0) is 22.8. The predicted molar refractivity (Wildman–Crippen MR) is 131 cm³/mol. The van der Waals surface area contributed by atoms with E-state index in [1.165, 1.54) is 5.56 Å². The van der Waals surface area contributed by atoms with Crippen molar-refractivity contribution < 1.29 is 9.53 Å². The lowest BCUT2D eigenvalue weighted by Crippen LogP contribution is -2.52. The summed E-state index contributed by atoms with van der Waals surface area (Å²) < 4.78 is 8.18. The minimum Gasteiger partial charge on any atom is -0.372 e. The third-order valence-electron chi connectivity index (χ3n) is 6.89. The fourth-order valence-electron chi connectivity index (χ4n) is 5.39. The molecular weight excluding hydrogens is 412 g/mol. The molecule has 0 bridgehead atoms. The molecule has 6 nitrogen and oxygen atoms in total. The number of carbonyl (C=O) groups excluding carboxylic acids is 1. The number of nitrogens with zero attached hydrogens (tertiary/aromatic N) is 4. The number of aryl methyl sites for hydroxylation is 2. The van der Waals surface area contributed by atoms with Crippen molar-refractivity contribution in [1.29, 1.82) is 0 Å². The lowest BCUT2D eigenvalue weighted by molar-refractivity contribution is -0.147. The minimum atomic E-state index is 0.0126. The zero-order valence-corrected chi connectivity index (χ0v) is 19.7. The molecule has 5 rings (SSSR count). The van der Waals surface area contributed by atoms with Gasteiger partial charge in [0.15, 0.2) is 0 Å². The monoisotopic (exact) mass is 446 g/mol. The number of piperidine rings is 1. The van der Waals surface area contributed by atoms with Crippen LogP contribution in [-0.2, 0) is 22.5 Å². The van der Waals surface area contributed by atoms with E-state index in [9.17, 15) is 4.79 Å². The highest BCUT2D eigenvalue weighted by Crippen LogP contribution is 2.29. The van der Waals surface area contributed by atoms with Gasteiger partial charge < -0.3 is 19.1 Å². The Morgan fingerprint density at radius 1 is 1.00 bits per heavy atom. The van der Waals surface area contributed by atoms with E-state index < -0.39 is 0 Å². The lowest BCUT2D eigenvalue weighted by atomic mass is 9.96. The summed E-state index contributed by atoms with van der Waals surface area (Å²) in [5, 5.41) is 0. The summed E-state index contributed by atoms with van der Waals surface area (Å²) in [4.78, 5) is 22.8. The first kappa shape index (κ1) is 22.0. The summed E-state index contributed by atoms with van der Waals surface area (Å²) in [6, 6.07) is 19.0. The van der Waals surface area contributed by atoms with Crippen molar-refractivity contribution in [3.63, 3.8) is 0 Å². The van der Waals surface area contributed by atoms with Gasteiger partial charge in [-0.25, -0.2) is 4.98 Å². The van der Waals surface area contributed by atoms with Gasteiger partial charge in [-0.05, 0) is 50.8 Å². The summed E-state index contributed by atoms with van der Waals surface area (Å²) >= 11 is 0. The summed E-state index contributed by atoms with van der Waals surface area (Å²) in [7, 11) is 0. The molecule has 3 heterocycles. The molecule has 0 aliphatic carbocycles. The SMILES string of the molecule is CC1CN(C(=O)C2CCCN(c3nc4ccccc4n3CCc3ccccc3)C2)CC(C)O1. The Morgan fingerprint density at radius 2 is 1.73 bits per heavy atom. The maximum absolute atomic E-state index is 13.4. The van der Waals surface area contributed by atoms with Gasteiger partial charge >= 0.3 is 0 Å². The molecule has 2 fully saturated rings. The van der Waals surface area contributed by atoms with Crippen LogP contribution in [0.1, 0.15) is 32.3 Å². The van der Waals surface area contributed by atoms with Crippen LogP contribution >= 0.6 is 0 Å². The van der Waals surface area contributed by atoms with Gasteiger partial charge in [-0.15, -0.1) is 0 Å². The van der Waals surface area contributed by atoms with Gasteiger partial charge in [0.1, 0.15) is 0 Å². The quantitative estimate of drug-likeness (QED) is 0.591. The number of hydrogen-bond acceptors (Lipinski definition) is 4. The molecule has 0 saturated carbocycles. The van der Waals surface area contributed by atoms with E-state index in [4.69, 9.17) is 9.72 Å². The van der Waals surface area contributed by atoms with Crippen LogP contribution in [0, 0.1) is 5.92 Å². The number of aromatic nitrogens is 2. The molecule has 6 heteroatoms. The largest absolute Gasteiger partial charge is 0.372 e. The predicted octanol–water partition coefficient (Wildman–Crippen LogP) is 4.13. The second kappa shape index (κ2) is 9.56. The van der Waals surface area contributed by atoms with Crippen LogP contribution in [0.3, 0.4) is 0 Å². The van der Waals surface area contributed by atoms with Gasteiger partial charge in [0, 0.05) is 32.7 Å². The van der Waals surface area contributed by atoms with E-state index in [2.05, 4.69) is 71.8 Å². The zero-order valence-electron chi connectivity index (χ0n) is 19.7. The van der Waals surface area contributed by atoms with Crippen molar-refractivity contribution in [3.05, 3.63) is 60.2 Å². The fourth-order valence-corrected chi connectivity index (χ4v) is 5.39. The van der Waals surface area contributed by atoms with Crippen molar-refractivity contribution in [2.75, 3.05) is 31.1 Å². The second-order valence-electron chi connectivity index (χ2n) is 9.57. The number of morpholine rings is 1. The van der Waals surface area contributed by atoms with Crippen LogP contribution < -0.4 is 4.90 Å². The number of hydrogen-bond donors (Lipinski definition) is 0. The molecule has 2 aromatic carbocycles. The number of rotatable bonds is 5. The number of para-hydroxylation sites is 2. The van der Waals surface area contributed by atoms with Gasteiger partial charge in [-0.2, -0.15) is 0 Å². The van der Waals surface area contributed by atoms with Gasteiger partial charge in [0.25, 0.3) is 0 Å². The summed E-state index contributed by atoms with van der Waals surface area (Å²) in [5.74, 6) is 1.28. The van der Waals surface area contributed by atoms with Crippen LogP contribution in [0.25, 0.3) is 11.0 Å². The van der Waals surface area contributed by atoms with E-state index in [1.807, 2.05) is 11.0 Å². The topological polar surface area (TPSA) is 50.6 Å². The van der Waals surface area contributed by atoms with Gasteiger partial charge in [0.05, 0.1) is 29.2 Å². The molecule has 2 saturated heterocycles. The van der Waals surface area contributed by atoms with E-state index in [1.54, 1.807) is 0 Å². The van der Waals surface area contributed by atoms with E-state index >= 15 is 0 Å². The highest BCUT2D eigenvalue weighted by atomic mass is 16.5. The molecule has 0 radical (unpaired) electrons. The molecular formula is C27H34N4O2. The van der Waals surface area contributed by atoms with Gasteiger partial charge in [-0.1, -0.05) is 42.5 Å². The first-order chi connectivity index (χ1) is 16.1. The van der Waals surface area contributed by atoms with Crippen molar-refractivity contribution in [2.24, 2.45) is 5.92 Å². The number of amides is 1. The van der Waals surface area contributed by atoms with Crippen molar-refractivity contribution >= 4 is 22.9 Å². The second-order valence-corrected chi connectivity index (χ2v) is 9.57. The average Bonchev–Trinajstić information content (AvgIpc) is 3.21. The number of benzene rings is 2. The number of carbonyl (C=O) groups is 1. The normalized spacial score (nSPS) is 23.8. The lowest BCUT2D eigenvalue weighted by Gasteiger charge is -2.40. The average molecular weight is 447 g/mol. The summed E-state index contributed by atoms with van der Waals surface area (Å²) in [5.41, 5.74) is 3.50. The third kappa shape index (κ3) is 4.76. The third-order valence-corrected chi connectivity index (χ3v) is 6.89. The van der Waals surface area contributed by atoms with Crippen LogP contribution in [0.2, 0.25) is 0 Å². The summed E-state index contributed by atoms with van der Waals surface area (Å²) in [6.07, 6.45) is 3.10. The minimum absolute atomic E-state index is 0.0126. The maximum atomic E-state index is 13.4. The fraction of sp³-hybridized carbons (Fsp3) is 0.481. The molecule has 1 amide bonds. The van der Waals surface area contributed by atoms with E-state index in [0.29, 0.717) is 13.1 Å². The number of ether oxygens (including phenoxy) is 1. The Balaban J connectivity index is 1.37. The molecule has 174 valence electrons. The van der Waals surface area contributed by atoms with Crippen molar-refractivity contribution in [2.45, 2.75) is 51.9 Å². The Morgan fingerprint density at radius 3 is 2.52 bits per heavy atom. The molecule has 2 aliphatic heterocycles. The molecule has 0 spiro atoms.